The van der Waals surface area contributed by atoms with E-state index in [0.717, 1.165) is 10.2 Å². The molecular weight excluding hydrogens is 298 g/mol. The van der Waals surface area contributed by atoms with Crippen molar-refractivity contribution in [1.82, 2.24) is 4.57 Å². The van der Waals surface area contributed by atoms with Gasteiger partial charge in [-0.25, -0.2) is 4.79 Å². The number of aromatic carboxylic acids is 1. The number of pyridine rings is 1. The van der Waals surface area contributed by atoms with Gasteiger partial charge in [-0.1, -0.05) is 15.9 Å². The van der Waals surface area contributed by atoms with Crippen molar-refractivity contribution >= 4 is 21.9 Å². The number of hydrogen-bond acceptors (Lipinski definition) is 2. The zero-order chi connectivity index (χ0) is 13.3. The van der Waals surface area contributed by atoms with Crippen LogP contribution in [0.1, 0.15) is 16.1 Å². The van der Waals surface area contributed by atoms with Crippen molar-refractivity contribution in [2.24, 2.45) is 0 Å². The highest BCUT2D eigenvalue weighted by molar-refractivity contribution is 9.10. The predicted octanol–water partition coefficient (Wildman–Crippen LogP) is 2.61. The van der Waals surface area contributed by atoms with Crippen LogP contribution in [0.15, 0.2) is 45.8 Å². The molecule has 0 aliphatic rings. The Bertz CT molecular complexity index is 659. The normalized spacial score (nSPS) is 10.3. The number of aryl methyl sites for hydroxylation is 1. The quantitative estimate of drug-likeness (QED) is 0.927. The second-order valence-electron chi connectivity index (χ2n) is 3.84. The molecular formula is C13H10BrNO3. The van der Waals surface area contributed by atoms with Crippen LogP contribution in [0.25, 0.3) is 5.69 Å². The number of nitrogens with zero attached hydrogens (tertiary/aromatic N) is 1. The van der Waals surface area contributed by atoms with Crippen LogP contribution in [0, 0.1) is 6.92 Å². The van der Waals surface area contributed by atoms with E-state index in [0.29, 0.717) is 5.69 Å². The fourth-order valence-corrected chi connectivity index (χ4v) is 1.94. The average molecular weight is 308 g/mol. The van der Waals surface area contributed by atoms with Crippen LogP contribution < -0.4 is 5.43 Å². The van der Waals surface area contributed by atoms with Crippen LogP contribution in [0.4, 0.5) is 0 Å². The predicted molar refractivity (Wildman–Crippen MR) is 71.4 cm³/mol. The molecule has 0 aliphatic heterocycles. The first-order valence-corrected chi connectivity index (χ1v) is 6.01. The summed E-state index contributed by atoms with van der Waals surface area (Å²) in [6.07, 6.45) is 1.35. The number of hydrogen-bond donors (Lipinski definition) is 1. The minimum absolute atomic E-state index is 0.233. The molecule has 0 saturated carbocycles. The van der Waals surface area contributed by atoms with Crippen molar-refractivity contribution in [1.29, 1.82) is 0 Å². The summed E-state index contributed by atoms with van der Waals surface area (Å²) in [5, 5.41) is 8.95. The van der Waals surface area contributed by atoms with Crippen molar-refractivity contribution in [3.8, 4) is 5.69 Å². The summed E-state index contributed by atoms with van der Waals surface area (Å²) in [6, 6.07) is 8.71. The minimum atomic E-state index is -1.22. The van der Waals surface area contributed by atoms with E-state index >= 15 is 0 Å². The summed E-state index contributed by atoms with van der Waals surface area (Å²) in [6.45, 7) is 1.76. The zero-order valence-electron chi connectivity index (χ0n) is 9.55. The molecule has 0 unspecified atom stereocenters. The highest BCUT2D eigenvalue weighted by Crippen LogP contribution is 2.15. The van der Waals surface area contributed by atoms with Gasteiger partial charge in [0.2, 0.25) is 0 Å². The number of aromatic nitrogens is 1. The molecule has 1 aromatic carbocycles. The molecule has 5 heteroatoms. The van der Waals surface area contributed by atoms with E-state index in [-0.39, 0.29) is 5.56 Å². The topological polar surface area (TPSA) is 59.3 Å². The van der Waals surface area contributed by atoms with Gasteiger partial charge in [0.15, 0.2) is 5.43 Å². The highest BCUT2D eigenvalue weighted by Gasteiger charge is 2.11. The monoisotopic (exact) mass is 307 g/mol. The molecule has 92 valence electrons. The molecule has 2 aromatic rings. The molecule has 1 N–H and O–H groups in total. The Morgan fingerprint density at radius 2 is 1.89 bits per heavy atom. The molecule has 0 fully saturated rings. The lowest BCUT2D eigenvalue weighted by Crippen LogP contribution is -2.18. The van der Waals surface area contributed by atoms with Crippen molar-refractivity contribution in [3.63, 3.8) is 0 Å². The standard InChI is InChI=1S/C13H10BrNO3/c1-8-6-12(16)11(13(17)18)7-15(8)10-4-2-9(14)3-5-10/h2-7H,1H3,(H,17,18). The van der Waals surface area contributed by atoms with E-state index in [1.807, 2.05) is 24.3 Å². The molecule has 1 heterocycles. The third kappa shape index (κ3) is 2.36. The van der Waals surface area contributed by atoms with E-state index < -0.39 is 11.4 Å². The minimum Gasteiger partial charge on any atom is -0.477 e. The van der Waals surface area contributed by atoms with E-state index in [1.165, 1.54) is 12.3 Å². The smallest absolute Gasteiger partial charge is 0.341 e. The maximum atomic E-state index is 11.5. The summed E-state index contributed by atoms with van der Waals surface area (Å²) < 4.78 is 2.61. The Kier molecular flexibility index (Phi) is 3.34. The van der Waals surface area contributed by atoms with Crippen LogP contribution >= 0.6 is 15.9 Å². The molecule has 0 aliphatic carbocycles. The van der Waals surface area contributed by atoms with E-state index in [1.54, 1.807) is 11.5 Å². The lowest BCUT2D eigenvalue weighted by molar-refractivity contribution is 0.0695. The molecule has 0 amide bonds. The van der Waals surface area contributed by atoms with E-state index in [2.05, 4.69) is 15.9 Å². The molecule has 0 atom stereocenters. The molecule has 0 saturated heterocycles. The van der Waals surface area contributed by atoms with E-state index in [9.17, 15) is 9.59 Å². The second kappa shape index (κ2) is 4.78. The molecule has 0 spiro atoms. The van der Waals surface area contributed by atoms with Crippen LogP contribution in [-0.4, -0.2) is 15.6 Å². The third-order valence-corrected chi connectivity index (χ3v) is 3.11. The number of carboxylic acid groups (broad SMARTS) is 1. The first-order valence-electron chi connectivity index (χ1n) is 5.21. The number of benzene rings is 1. The summed E-state index contributed by atoms with van der Waals surface area (Å²) in [7, 11) is 0. The number of carboxylic acids is 1. The Hall–Kier alpha value is -1.88. The van der Waals surface area contributed by atoms with Gasteiger partial charge in [-0.15, -0.1) is 0 Å². The fraction of sp³-hybridized carbons (Fsp3) is 0.0769. The SMILES string of the molecule is Cc1cc(=O)c(C(=O)O)cn1-c1ccc(Br)cc1. The van der Waals surface area contributed by atoms with Crippen LogP contribution in [-0.2, 0) is 0 Å². The van der Waals surface area contributed by atoms with Crippen molar-refractivity contribution < 1.29 is 9.90 Å². The Morgan fingerprint density at radius 3 is 2.44 bits per heavy atom. The van der Waals surface area contributed by atoms with Crippen molar-refractivity contribution in [2.75, 3.05) is 0 Å². The fourth-order valence-electron chi connectivity index (χ4n) is 1.67. The molecule has 2 rings (SSSR count). The summed E-state index contributed by atoms with van der Waals surface area (Å²) in [5.41, 5.74) is 0.780. The molecule has 1 aromatic heterocycles. The van der Waals surface area contributed by atoms with Crippen molar-refractivity contribution in [3.05, 3.63) is 62.5 Å². The first kappa shape index (κ1) is 12.6. The lowest BCUT2D eigenvalue weighted by Gasteiger charge is -2.11. The third-order valence-electron chi connectivity index (χ3n) is 2.58. The maximum absolute atomic E-state index is 11.5. The van der Waals surface area contributed by atoms with Gasteiger partial charge in [-0.2, -0.15) is 0 Å². The Balaban J connectivity index is 2.64. The van der Waals surface area contributed by atoms with Gasteiger partial charge < -0.3 is 9.67 Å². The van der Waals surface area contributed by atoms with Crippen LogP contribution in [0.5, 0.6) is 0 Å². The zero-order valence-corrected chi connectivity index (χ0v) is 11.1. The highest BCUT2D eigenvalue weighted by atomic mass is 79.9. The van der Waals surface area contributed by atoms with Crippen molar-refractivity contribution in [2.45, 2.75) is 6.92 Å². The van der Waals surface area contributed by atoms with Gasteiger partial charge >= 0.3 is 5.97 Å². The lowest BCUT2D eigenvalue weighted by atomic mass is 10.2. The van der Waals surface area contributed by atoms with Gasteiger partial charge in [0.1, 0.15) is 5.56 Å². The van der Waals surface area contributed by atoms with Crippen LogP contribution in [0.3, 0.4) is 0 Å². The molecule has 0 radical (unpaired) electrons. The van der Waals surface area contributed by atoms with E-state index in [4.69, 9.17) is 5.11 Å². The number of halogens is 1. The Morgan fingerprint density at radius 1 is 1.28 bits per heavy atom. The number of carbonyl (C=O) groups is 1. The largest absolute Gasteiger partial charge is 0.477 e. The molecule has 18 heavy (non-hydrogen) atoms. The summed E-state index contributed by atoms with van der Waals surface area (Å²) in [5.74, 6) is -1.22. The summed E-state index contributed by atoms with van der Waals surface area (Å²) in [4.78, 5) is 22.5. The second-order valence-corrected chi connectivity index (χ2v) is 4.76. The van der Waals surface area contributed by atoms with Gasteiger partial charge in [0.25, 0.3) is 0 Å². The molecule has 0 bridgehead atoms. The first-order chi connectivity index (χ1) is 8.49. The molecule has 4 nitrogen and oxygen atoms in total. The number of rotatable bonds is 2. The van der Waals surface area contributed by atoms with Gasteiger partial charge in [-0.3, -0.25) is 4.79 Å². The Labute approximate surface area is 112 Å². The van der Waals surface area contributed by atoms with Gasteiger partial charge in [0.05, 0.1) is 0 Å². The summed E-state index contributed by atoms with van der Waals surface area (Å²) >= 11 is 3.33. The van der Waals surface area contributed by atoms with Crippen LogP contribution in [0.2, 0.25) is 0 Å². The average Bonchev–Trinajstić information content (AvgIpc) is 2.30. The maximum Gasteiger partial charge on any atom is 0.341 e. The van der Waals surface area contributed by atoms with Gasteiger partial charge in [0, 0.05) is 28.1 Å². The van der Waals surface area contributed by atoms with Gasteiger partial charge in [-0.05, 0) is 31.2 Å².